The summed E-state index contributed by atoms with van der Waals surface area (Å²) in [5.74, 6) is -2.48. The summed E-state index contributed by atoms with van der Waals surface area (Å²) in [6.07, 6.45) is 0.890. The van der Waals surface area contributed by atoms with E-state index in [9.17, 15) is 24.0 Å². The van der Waals surface area contributed by atoms with Gasteiger partial charge < -0.3 is 39.0 Å². The van der Waals surface area contributed by atoms with Gasteiger partial charge in [0.25, 0.3) is 5.56 Å². The third-order valence-corrected chi connectivity index (χ3v) is 8.95. The number of anilines is 1. The maximum atomic E-state index is 14.1. The molecular weight excluding hydrogens is 672 g/mol. The highest BCUT2D eigenvalue weighted by Gasteiger charge is 2.51. The minimum absolute atomic E-state index is 0.0277. The van der Waals surface area contributed by atoms with E-state index >= 15 is 0 Å². The molecule has 2 N–H and O–H groups in total. The Balaban J connectivity index is 1.21. The summed E-state index contributed by atoms with van der Waals surface area (Å²) < 4.78 is 23.3. The van der Waals surface area contributed by atoms with Gasteiger partial charge in [-0.2, -0.15) is 0 Å². The summed E-state index contributed by atoms with van der Waals surface area (Å²) in [5, 5.41) is 10.2. The Morgan fingerprint density at radius 1 is 1.06 bits per heavy atom. The molecule has 3 aliphatic rings. The molecule has 0 radical (unpaired) electrons. The predicted molar refractivity (Wildman–Crippen MR) is 188 cm³/mol. The molecule has 4 heterocycles. The molecule has 1 unspecified atom stereocenters. The number of nitrogens with zero attached hydrogens (tertiary/aromatic N) is 2. The van der Waals surface area contributed by atoms with Gasteiger partial charge in [0.05, 0.1) is 37.9 Å². The van der Waals surface area contributed by atoms with Crippen molar-refractivity contribution in [1.82, 2.24) is 9.88 Å². The summed E-state index contributed by atoms with van der Waals surface area (Å²) in [4.78, 5) is 71.3. The van der Waals surface area contributed by atoms with E-state index in [0.29, 0.717) is 11.4 Å². The second-order valence-corrected chi connectivity index (χ2v) is 13.5. The van der Waals surface area contributed by atoms with Crippen molar-refractivity contribution in [2.45, 2.75) is 77.4 Å². The lowest BCUT2D eigenvalue weighted by atomic mass is 9.84. The van der Waals surface area contributed by atoms with Crippen molar-refractivity contribution in [3.8, 4) is 11.5 Å². The van der Waals surface area contributed by atoms with Gasteiger partial charge in [0.1, 0.15) is 18.8 Å². The number of pyridine rings is 1. The molecular formula is C38H40N4O10. The molecule has 1 aromatic heterocycles. The molecule has 0 fully saturated rings. The Kier molecular flexibility index (Phi) is 9.92. The van der Waals surface area contributed by atoms with Gasteiger partial charge in [-0.05, 0) is 57.0 Å². The van der Waals surface area contributed by atoms with E-state index in [0.717, 1.165) is 22.4 Å². The maximum absolute atomic E-state index is 14.1. The van der Waals surface area contributed by atoms with Gasteiger partial charge in [-0.15, -0.1) is 0 Å². The van der Waals surface area contributed by atoms with Crippen molar-refractivity contribution in [2.75, 3.05) is 19.0 Å². The van der Waals surface area contributed by atoms with E-state index in [2.05, 4.69) is 15.8 Å². The number of amides is 1. The number of rotatable bonds is 11. The minimum atomic E-state index is -1.92. The fourth-order valence-corrected chi connectivity index (χ4v) is 6.46. The van der Waals surface area contributed by atoms with Crippen molar-refractivity contribution in [1.29, 1.82) is 0 Å². The summed E-state index contributed by atoms with van der Waals surface area (Å²) in [5.41, 5.74) is 1.63. The molecule has 272 valence electrons. The van der Waals surface area contributed by atoms with Crippen LogP contribution in [-0.2, 0) is 52.2 Å². The zero-order chi connectivity index (χ0) is 37.2. The van der Waals surface area contributed by atoms with E-state index in [1.807, 2.05) is 45.0 Å². The van der Waals surface area contributed by atoms with Crippen molar-refractivity contribution in [2.24, 2.45) is 5.16 Å². The van der Waals surface area contributed by atoms with Crippen molar-refractivity contribution in [3.05, 3.63) is 92.9 Å². The number of para-hydroxylation sites is 3. The molecule has 0 saturated carbocycles. The second-order valence-electron chi connectivity index (χ2n) is 13.5. The van der Waals surface area contributed by atoms with E-state index in [1.165, 1.54) is 7.11 Å². The maximum Gasteiger partial charge on any atom is 0.355 e. The van der Waals surface area contributed by atoms with E-state index in [-0.39, 0.29) is 48.4 Å². The number of esters is 3. The molecule has 14 heteroatoms. The molecule has 3 aliphatic heterocycles. The first-order chi connectivity index (χ1) is 24.8. The summed E-state index contributed by atoms with van der Waals surface area (Å²) in [6.45, 7) is 6.85. The van der Waals surface area contributed by atoms with Crippen LogP contribution in [-0.4, -0.2) is 53.9 Å². The highest BCUT2D eigenvalue weighted by molar-refractivity contribution is 6.14. The molecule has 6 rings (SSSR count). The smallest absolute Gasteiger partial charge is 0.355 e. The minimum Gasteiger partial charge on any atom is -0.493 e. The lowest BCUT2D eigenvalue weighted by Gasteiger charge is -2.36. The molecule has 2 atom stereocenters. The zero-order valence-electron chi connectivity index (χ0n) is 29.6. The van der Waals surface area contributed by atoms with Gasteiger partial charge in [-0.3, -0.25) is 14.4 Å². The molecule has 0 saturated heterocycles. The first kappa shape index (κ1) is 35.9. The first-order valence-corrected chi connectivity index (χ1v) is 16.9. The quantitative estimate of drug-likeness (QED) is 0.126. The molecule has 52 heavy (non-hydrogen) atoms. The van der Waals surface area contributed by atoms with Gasteiger partial charge in [-0.25, -0.2) is 9.59 Å². The summed E-state index contributed by atoms with van der Waals surface area (Å²) in [6, 6.07) is 15.5. The Bertz CT molecular complexity index is 2060. The SMILES string of the molecule is CC[C@@]1(OC(=O)CCC(=O)NCC(=O)Oc2ccccc2OC)C(=O)OCc2c1cc1n(c2=O)CC2=C(/C=N/OC(C)(C)C)c3ccccc3NC21. The summed E-state index contributed by atoms with van der Waals surface area (Å²) in [7, 11) is 1.43. The molecule has 0 bridgehead atoms. The first-order valence-electron chi connectivity index (χ1n) is 16.9. The molecule has 0 aliphatic carbocycles. The number of ether oxygens (including phenoxy) is 4. The Morgan fingerprint density at radius 3 is 2.52 bits per heavy atom. The number of allylic oxidation sites excluding steroid dienone is 1. The number of carbonyl (C=O) groups is 4. The predicted octanol–water partition coefficient (Wildman–Crippen LogP) is 4.30. The van der Waals surface area contributed by atoms with Gasteiger partial charge in [0, 0.05) is 34.5 Å². The van der Waals surface area contributed by atoms with Crippen LogP contribution >= 0.6 is 0 Å². The highest BCUT2D eigenvalue weighted by atomic mass is 16.6. The summed E-state index contributed by atoms with van der Waals surface area (Å²) >= 11 is 0. The number of aromatic nitrogens is 1. The van der Waals surface area contributed by atoms with Crippen molar-refractivity contribution >= 4 is 41.3 Å². The van der Waals surface area contributed by atoms with E-state index < -0.39 is 54.0 Å². The van der Waals surface area contributed by atoms with Gasteiger partial charge in [0.2, 0.25) is 11.5 Å². The third kappa shape index (κ3) is 7.00. The number of methoxy groups -OCH3 is 1. The van der Waals surface area contributed by atoms with E-state index in [4.69, 9.17) is 23.8 Å². The molecule has 3 aromatic rings. The van der Waals surface area contributed by atoms with Crippen LogP contribution in [0.1, 0.15) is 75.4 Å². The average Bonchev–Trinajstić information content (AvgIpc) is 3.49. The monoisotopic (exact) mass is 712 g/mol. The lowest BCUT2D eigenvalue weighted by molar-refractivity contribution is -0.189. The van der Waals surface area contributed by atoms with Gasteiger partial charge in [0.15, 0.2) is 11.5 Å². The van der Waals surface area contributed by atoms with Crippen LogP contribution in [0.5, 0.6) is 11.5 Å². The Morgan fingerprint density at radius 2 is 1.79 bits per heavy atom. The molecule has 2 aromatic carbocycles. The van der Waals surface area contributed by atoms with Gasteiger partial charge in [-0.1, -0.05) is 42.4 Å². The number of fused-ring (bicyclic) bond motifs is 5. The molecule has 0 spiro atoms. The average molecular weight is 713 g/mol. The number of carbonyl (C=O) groups excluding carboxylic acids is 4. The Labute approximate surface area is 299 Å². The largest absolute Gasteiger partial charge is 0.493 e. The Hall–Kier alpha value is -5.92. The van der Waals surface area contributed by atoms with Crippen LogP contribution < -0.4 is 25.7 Å². The van der Waals surface area contributed by atoms with E-state index in [1.54, 1.807) is 48.0 Å². The molecule has 1 amide bonds. The number of hydrogen-bond donors (Lipinski definition) is 2. The highest BCUT2D eigenvalue weighted by Crippen LogP contribution is 2.46. The lowest BCUT2D eigenvalue weighted by Crippen LogP contribution is -2.47. The van der Waals surface area contributed by atoms with Crippen molar-refractivity contribution in [3.63, 3.8) is 0 Å². The fraction of sp³-hybridized carbons (Fsp3) is 0.368. The normalized spacial score (nSPS) is 18.6. The van der Waals surface area contributed by atoms with Crippen LogP contribution in [0.4, 0.5) is 5.69 Å². The standard InChI is InChI=1S/C38H40N4O10/c1-6-38(51-32(44)16-15-31(43)39-19-33(45)50-30-14-10-9-13-29(30)48-5)26-17-28-34-24(20-42(28)35(46)25(26)21-49-36(38)47)23(18-40-52-37(2,3)4)22-11-7-8-12-27(22)41-34/h7-14,17-18,34,41H,6,15-16,19-21H2,1-5H3,(H,39,43)/b40-18+/t34?,38-/m0/s1. The zero-order valence-corrected chi connectivity index (χ0v) is 29.6. The number of cyclic esters (lactones) is 1. The van der Waals surface area contributed by atoms with Crippen LogP contribution in [0.25, 0.3) is 5.57 Å². The van der Waals surface area contributed by atoms with Crippen LogP contribution in [0.15, 0.2) is 70.1 Å². The van der Waals surface area contributed by atoms with Crippen LogP contribution in [0, 0.1) is 0 Å². The fourth-order valence-electron chi connectivity index (χ4n) is 6.46. The second kappa shape index (κ2) is 14.4. The number of benzene rings is 2. The molecule has 14 nitrogen and oxygen atoms in total. The van der Waals surface area contributed by atoms with Gasteiger partial charge >= 0.3 is 17.9 Å². The third-order valence-electron chi connectivity index (χ3n) is 8.95. The number of oxime groups is 1. The van der Waals surface area contributed by atoms with Crippen LogP contribution in [0.3, 0.4) is 0 Å². The number of nitrogens with one attached hydrogen (secondary N) is 2. The topological polar surface area (TPSA) is 173 Å². The number of hydrogen-bond acceptors (Lipinski definition) is 12. The van der Waals surface area contributed by atoms with Crippen LogP contribution in [0.2, 0.25) is 0 Å². The van der Waals surface area contributed by atoms with Crippen molar-refractivity contribution < 1.29 is 43.0 Å².